The van der Waals surface area contributed by atoms with Gasteiger partial charge in [0.1, 0.15) is 0 Å². The Bertz CT molecular complexity index is 1110. The third kappa shape index (κ3) is 4.65. The molecule has 29 heavy (non-hydrogen) atoms. The summed E-state index contributed by atoms with van der Waals surface area (Å²) in [5.74, 6) is 2.02. The molecule has 7 nitrogen and oxygen atoms in total. The van der Waals surface area contributed by atoms with E-state index in [9.17, 15) is 0 Å². The molecule has 0 saturated heterocycles. The third-order valence-corrected chi connectivity index (χ3v) is 5.62. The number of halogens is 1. The van der Waals surface area contributed by atoms with Gasteiger partial charge in [-0.2, -0.15) is 9.67 Å². The van der Waals surface area contributed by atoms with E-state index >= 15 is 0 Å². The van der Waals surface area contributed by atoms with Crippen LogP contribution >= 0.6 is 23.4 Å². The molecule has 0 N–H and O–H groups in total. The van der Waals surface area contributed by atoms with Crippen LogP contribution in [0.3, 0.4) is 0 Å². The highest BCUT2D eigenvalue weighted by atomic mass is 35.5. The Hall–Kier alpha value is -2.71. The van der Waals surface area contributed by atoms with E-state index in [4.69, 9.17) is 16.1 Å². The van der Waals surface area contributed by atoms with Gasteiger partial charge in [0.15, 0.2) is 0 Å². The fraction of sp³-hybridized carbons (Fsp3) is 0.250. The molecule has 2 aromatic heterocycles. The van der Waals surface area contributed by atoms with Gasteiger partial charge in [0.25, 0.3) is 0 Å². The van der Waals surface area contributed by atoms with Crippen molar-refractivity contribution in [2.24, 2.45) is 0 Å². The maximum atomic E-state index is 5.91. The molecular weight excluding hydrogens is 408 g/mol. The van der Waals surface area contributed by atoms with Gasteiger partial charge in [-0.25, -0.2) is 0 Å². The topological polar surface area (TPSA) is 82.5 Å². The number of aromatic nitrogens is 6. The standard InChI is InChI=1S/C20H19ClN6OS/c1-13-5-10-17(14(2)12-13)27-20(23-25-26-27)29-11-3-4-18-22-19(24-28-18)15-6-8-16(21)9-7-15/h5-10,12H,3-4,11H2,1-2H3. The third-order valence-electron chi connectivity index (χ3n) is 4.36. The van der Waals surface area contributed by atoms with Crippen LogP contribution in [-0.4, -0.2) is 36.1 Å². The molecule has 0 unspecified atom stereocenters. The van der Waals surface area contributed by atoms with Gasteiger partial charge in [-0.05, 0) is 66.6 Å². The molecule has 0 bridgehead atoms. The molecule has 0 atom stereocenters. The lowest BCUT2D eigenvalue weighted by atomic mass is 10.1. The number of hydrogen-bond acceptors (Lipinski definition) is 7. The first-order valence-electron chi connectivity index (χ1n) is 9.17. The summed E-state index contributed by atoms with van der Waals surface area (Å²) in [5, 5.41) is 17.6. The Morgan fingerprint density at radius 3 is 2.72 bits per heavy atom. The maximum Gasteiger partial charge on any atom is 0.226 e. The second-order valence-corrected chi connectivity index (χ2v) is 8.13. The van der Waals surface area contributed by atoms with Gasteiger partial charge >= 0.3 is 0 Å². The van der Waals surface area contributed by atoms with Crippen LogP contribution < -0.4 is 0 Å². The van der Waals surface area contributed by atoms with Crippen LogP contribution in [0.5, 0.6) is 0 Å². The second-order valence-electron chi connectivity index (χ2n) is 6.63. The predicted octanol–water partition coefficient (Wildman–Crippen LogP) is 4.71. The van der Waals surface area contributed by atoms with Crippen LogP contribution in [0.25, 0.3) is 17.1 Å². The van der Waals surface area contributed by atoms with Crippen LogP contribution in [-0.2, 0) is 6.42 Å². The quantitative estimate of drug-likeness (QED) is 0.312. The molecule has 0 amide bonds. The summed E-state index contributed by atoms with van der Waals surface area (Å²) in [6.07, 6.45) is 1.56. The van der Waals surface area contributed by atoms with Crippen LogP contribution in [0.1, 0.15) is 23.4 Å². The summed E-state index contributed by atoms with van der Waals surface area (Å²) in [7, 11) is 0. The first kappa shape index (κ1) is 19.6. The van der Waals surface area contributed by atoms with Crippen molar-refractivity contribution in [3.63, 3.8) is 0 Å². The Balaban J connectivity index is 1.34. The summed E-state index contributed by atoms with van der Waals surface area (Å²) in [4.78, 5) is 4.45. The van der Waals surface area contributed by atoms with Gasteiger partial charge < -0.3 is 4.52 Å². The van der Waals surface area contributed by atoms with Gasteiger partial charge in [-0.15, -0.1) is 5.10 Å². The molecule has 2 heterocycles. The minimum absolute atomic E-state index is 0.572. The number of aryl methyl sites for hydroxylation is 3. The molecule has 148 valence electrons. The molecule has 2 aromatic carbocycles. The zero-order chi connectivity index (χ0) is 20.2. The summed E-state index contributed by atoms with van der Waals surface area (Å²) in [5.41, 5.74) is 4.23. The molecule has 0 saturated carbocycles. The van der Waals surface area contributed by atoms with Crippen molar-refractivity contribution in [1.29, 1.82) is 0 Å². The fourth-order valence-corrected chi connectivity index (χ4v) is 3.87. The zero-order valence-electron chi connectivity index (χ0n) is 16.0. The lowest BCUT2D eigenvalue weighted by Crippen LogP contribution is -2.02. The molecular formula is C20H19ClN6OS. The van der Waals surface area contributed by atoms with E-state index < -0.39 is 0 Å². The molecule has 0 aliphatic rings. The number of benzene rings is 2. The van der Waals surface area contributed by atoms with Gasteiger partial charge in [-0.1, -0.05) is 46.2 Å². The highest BCUT2D eigenvalue weighted by molar-refractivity contribution is 7.99. The van der Waals surface area contributed by atoms with Crippen molar-refractivity contribution in [3.8, 4) is 17.1 Å². The van der Waals surface area contributed by atoms with E-state index in [1.54, 1.807) is 16.4 Å². The van der Waals surface area contributed by atoms with Crippen molar-refractivity contribution in [2.45, 2.75) is 31.8 Å². The van der Waals surface area contributed by atoms with Gasteiger partial charge in [0.2, 0.25) is 16.9 Å². The summed E-state index contributed by atoms with van der Waals surface area (Å²) in [6, 6.07) is 13.6. The van der Waals surface area contributed by atoms with Gasteiger partial charge in [0.05, 0.1) is 5.69 Å². The highest BCUT2D eigenvalue weighted by Gasteiger charge is 2.12. The molecule has 0 aliphatic heterocycles. The normalized spacial score (nSPS) is 11.1. The Labute approximate surface area is 177 Å². The minimum Gasteiger partial charge on any atom is -0.339 e. The zero-order valence-corrected chi connectivity index (χ0v) is 17.6. The van der Waals surface area contributed by atoms with E-state index in [2.05, 4.69) is 51.6 Å². The lowest BCUT2D eigenvalue weighted by Gasteiger charge is -2.08. The average molecular weight is 427 g/mol. The van der Waals surface area contributed by atoms with E-state index in [0.717, 1.165) is 34.1 Å². The fourth-order valence-electron chi connectivity index (χ4n) is 2.92. The Morgan fingerprint density at radius 1 is 1.10 bits per heavy atom. The molecule has 4 rings (SSSR count). The van der Waals surface area contributed by atoms with Crippen molar-refractivity contribution < 1.29 is 4.52 Å². The average Bonchev–Trinajstić information content (AvgIpc) is 3.36. The first-order chi connectivity index (χ1) is 14.1. The molecule has 0 fully saturated rings. The number of tetrazole rings is 1. The lowest BCUT2D eigenvalue weighted by molar-refractivity contribution is 0.378. The van der Waals surface area contributed by atoms with Crippen LogP contribution in [0.2, 0.25) is 5.02 Å². The smallest absolute Gasteiger partial charge is 0.226 e. The van der Waals surface area contributed by atoms with E-state index in [-0.39, 0.29) is 0 Å². The van der Waals surface area contributed by atoms with E-state index in [1.807, 2.05) is 30.3 Å². The first-order valence-corrected chi connectivity index (χ1v) is 10.5. The number of rotatable bonds is 7. The molecule has 0 aliphatic carbocycles. The second kappa shape index (κ2) is 8.75. The van der Waals surface area contributed by atoms with Gasteiger partial charge in [-0.3, -0.25) is 0 Å². The molecule has 0 spiro atoms. The summed E-state index contributed by atoms with van der Waals surface area (Å²) >= 11 is 7.52. The molecule has 0 radical (unpaired) electrons. The van der Waals surface area contributed by atoms with Crippen molar-refractivity contribution in [3.05, 3.63) is 64.5 Å². The van der Waals surface area contributed by atoms with E-state index in [0.29, 0.717) is 23.2 Å². The van der Waals surface area contributed by atoms with Gasteiger partial charge in [0, 0.05) is 22.8 Å². The van der Waals surface area contributed by atoms with Crippen molar-refractivity contribution in [1.82, 2.24) is 30.3 Å². The largest absolute Gasteiger partial charge is 0.339 e. The van der Waals surface area contributed by atoms with Crippen molar-refractivity contribution in [2.75, 3.05) is 5.75 Å². The van der Waals surface area contributed by atoms with E-state index in [1.165, 1.54) is 5.56 Å². The summed E-state index contributed by atoms with van der Waals surface area (Å²) < 4.78 is 7.14. The van der Waals surface area contributed by atoms with Crippen molar-refractivity contribution >= 4 is 23.4 Å². The number of hydrogen-bond donors (Lipinski definition) is 0. The Morgan fingerprint density at radius 2 is 1.93 bits per heavy atom. The molecule has 9 heteroatoms. The van der Waals surface area contributed by atoms with Crippen LogP contribution in [0.15, 0.2) is 52.1 Å². The highest BCUT2D eigenvalue weighted by Crippen LogP contribution is 2.23. The summed E-state index contributed by atoms with van der Waals surface area (Å²) in [6.45, 7) is 4.13. The monoisotopic (exact) mass is 426 g/mol. The SMILES string of the molecule is Cc1ccc(-n2nnnc2SCCCc2nc(-c3ccc(Cl)cc3)no2)c(C)c1. The van der Waals surface area contributed by atoms with Crippen LogP contribution in [0.4, 0.5) is 0 Å². The Kier molecular flexibility index (Phi) is 5.92. The number of thioether (sulfide) groups is 1. The minimum atomic E-state index is 0.572. The van der Waals surface area contributed by atoms with Crippen LogP contribution in [0, 0.1) is 13.8 Å². The maximum absolute atomic E-state index is 5.91. The number of nitrogens with zero attached hydrogens (tertiary/aromatic N) is 6. The predicted molar refractivity (Wildman–Crippen MR) is 112 cm³/mol. The molecule has 4 aromatic rings.